The van der Waals surface area contributed by atoms with Crippen LogP contribution in [0.3, 0.4) is 0 Å². The molecule has 0 saturated carbocycles. The van der Waals surface area contributed by atoms with Gasteiger partial charge < -0.3 is 10.2 Å². The number of nitrogens with zero attached hydrogens (tertiary/aromatic N) is 1. The molecular formula is C10H24N2. The maximum Gasteiger partial charge on any atom is 0.0191 e. The van der Waals surface area contributed by atoms with Crippen LogP contribution in [0.1, 0.15) is 33.6 Å². The number of likely N-dealkylation sites (N-methyl/N-ethyl adjacent to an activating group) is 2. The van der Waals surface area contributed by atoms with Crippen LogP contribution >= 0.6 is 0 Å². The van der Waals surface area contributed by atoms with Gasteiger partial charge in [0.2, 0.25) is 0 Å². The number of rotatable bonds is 7. The first-order valence-corrected chi connectivity index (χ1v) is 5.18. The Morgan fingerprint density at radius 3 is 2.08 bits per heavy atom. The zero-order valence-corrected chi connectivity index (χ0v) is 9.06. The predicted molar refractivity (Wildman–Crippen MR) is 55.5 cm³/mol. The van der Waals surface area contributed by atoms with Gasteiger partial charge in [-0.1, -0.05) is 27.2 Å². The van der Waals surface area contributed by atoms with Crippen molar-refractivity contribution in [2.45, 2.75) is 39.7 Å². The molecule has 0 heterocycles. The molecule has 2 nitrogen and oxygen atoms in total. The minimum absolute atomic E-state index is 0.676. The Labute approximate surface area is 77.3 Å². The van der Waals surface area contributed by atoms with Gasteiger partial charge >= 0.3 is 0 Å². The Morgan fingerprint density at radius 1 is 1.17 bits per heavy atom. The molecule has 0 bridgehead atoms. The van der Waals surface area contributed by atoms with Gasteiger partial charge in [0.1, 0.15) is 0 Å². The first-order valence-electron chi connectivity index (χ1n) is 5.18. The third-order valence-corrected chi connectivity index (χ3v) is 2.42. The highest BCUT2D eigenvalue weighted by Gasteiger charge is 2.08. The summed E-state index contributed by atoms with van der Waals surface area (Å²) in [6.07, 6.45) is 2.56. The molecule has 0 aliphatic heterocycles. The molecule has 12 heavy (non-hydrogen) atoms. The monoisotopic (exact) mass is 172 g/mol. The highest BCUT2D eigenvalue weighted by atomic mass is 15.1. The summed E-state index contributed by atoms with van der Waals surface area (Å²) in [5, 5.41) is 3.36. The Balaban J connectivity index is 3.65. The van der Waals surface area contributed by atoms with Gasteiger partial charge in [-0.2, -0.15) is 0 Å². The fourth-order valence-electron chi connectivity index (χ4n) is 1.47. The van der Waals surface area contributed by atoms with Crippen LogP contribution in [0, 0.1) is 0 Å². The molecule has 0 rings (SSSR count). The lowest BCUT2D eigenvalue weighted by atomic mass is 10.1. The number of hydrogen-bond donors (Lipinski definition) is 1. The number of nitrogens with one attached hydrogen (secondary N) is 1. The maximum absolute atomic E-state index is 3.36. The van der Waals surface area contributed by atoms with Crippen LogP contribution in [-0.2, 0) is 0 Å². The van der Waals surface area contributed by atoms with E-state index >= 15 is 0 Å². The first kappa shape index (κ1) is 11.9. The van der Waals surface area contributed by atoms with Crippen molar-refractivity contribution < 1.29 is 0 Å². The minimum Gasteiger partial charge on any atom is -0.316 e. The van der Waals surface area contributed by atoms with Gasteiger partial charge in [0.25, 0.3) is 0 Å². The maximum atomic E-state index is 3.36. The molecule has 0 amide bonds. The van der Waals surface area contributed by atoms with Crippen molar-refractivity contribution in [1.29, 1.82) is 0 Å². The first-order chi connectivity index (χ1) is 5.78. The van der Waals surface area contributed by atoms with Crippen LogP contribution in [-0.4, -0.2) is 37.6 Å². The van der Waals surface area contributed by atoms with Gasteiger partial charge in [-0.25, -0.2) is 0 Å². The van der Waals surface area contributed by atoms with Gasteiger partial charge in [0.05, 0.1) is 0 Å². The SMILES string of the molecule is CCCC(CN(CC)CC)NC. The molecule has 0 aliphatic carbocycles. The van der Waals surface area contributed by atoms with Crippen LogP contribution in [0.25, 0.3) is 0 Å². The summed E-state index contributed by atoms with van der Waals surface area (Å²) in [7, 11) is 2.06. The van der Waals surface area contributed by atoms with E-state index in [4.69, 9.17) is 0 Å². The molecule has 1 atom stereocenters. The minimum atomic E-state index is 0.676. The lowest BCUT2D eigenvalue weighted by Gasteiger charge is -2.24. The fourth-order valence-corrected chi connectivity index (χ4v) is 1.47. The molecular weight excluding hydrogens is 148 g/mol. The Hall–Kier alpha value is -0.0800. The summed E-state index contributed by atoms with van der Waals surface area (Å²) in [4.78, 5) is 2.47. The van der Waals surface area contributed by atoms with Crippen molar-refractivity contribution in [3.05, 3.63) is 0 Å². The summed E-state index contributed by atoms with van der Waals surface area (Å²) in [5.74, 6) is 0. The third kappa shape index (κ3) is 4.73. The van der Waals surface area contributed by atoms with E-state index < -0.39 is 0 Å². The average molecular weight is 172 g/mol. The van der Waals surface area contributed by atoms with E-state index in [1.165, 1.54) is 32.5 Å². The van der Waals surface area contributed by atoms with Gasteiger partial charge in [0, 0.05) is 12.6 Å². The second-order valence-electron chi connectivity index (χ2n) is 3.26. The van der Waals surface area contributed by atoms with Crippen molar-refractivity contribution in [3.63, 3.8) is 0 Å². The van der Waals surface area contributed by atoms with Gasteiger partial charge in [0.15, 0.2) is 0 Å². The average Bonchev–Trinajstić information content (AvgIpc) is 2.12. The molecule has 1 N–H and O–H groups in total. The molecule has 2 heteroatoms. The van der Waals surface area contributed by atoms with Crippen molar-refractivity contribution >= 4 is 0 Å². The molecule has 0 spiro atoms. The lowest BCUT2D eigenvalue weighted by Crippen LogP contribution is -2.39. The summed E-state index contributed by atoms with van der Waals surface area (Å²) < 4.78 is 0. The van der Waals surface area contributed by atoms with E-state index in [1.807, 2.05) is 0 Å². The third-order valence-electron chi connectivity index (χ3n) is 2.42. The van der Waals surface area contributed by atoms with E-state index in [0.717, 1.165) is 0 Å². The molecule has 74 valence electrons. The van der Waals surface area contributed by atoms with Gasteiger partial charge in [-0.3, -0.25) is 0 Å². The van der Waals surface area contributed by atoms with Crippen molar-refractivity contribution in [1.82, 2.24) is 10.2 Å². The number of hydrogen-bond acceptors (Lipinski definition) is 2. The van der Waals surface area contributed by atoms with Crippen molar-refractivity contribution in [2.24, 2.45) is 0 Å². The van der Waals surface area contributed by atoms with Crippen LogP contribution in [0.4, 0.5) is 0 Å². The van der Waals surface area contributed by atoms with E-state index in [9.17, 15) is 0 Å². The lowest BCUT2D eigenvalue weighted by molar-refractivity contribution is 0.263. The Morgan fingerprint density at radius 2 is 1.75 bits per heavy atom. The van der Waals surface area contributed by atoms with Crippen LogP contribution in [0.5, 0.6) is 0 Å². The second kappa shape index (κ2) is 7.56. The summed E-state index contributed by atoms with van der Waals surface area (Å²) >= 11 is 0. The highest BCUT2D eigenvalue weighted by Crippen LogP contribution is 1.99. The van der Waals surface area contributed by atoms with Crippen LogP contribution < -0.4 is 5.32 Å². The Kier molecular flexibility index (Phi) is 7.51. The zero-order chi connectivity index (χ0) is 9.40. The summed E-state index contributed by atoms with van der Waals surface area (Å²) in [6, 6.07) is 0.676. The molecule has 0 saturated heterocycles. The zero-order valence-electron chi connectivity index (χ0n) is 9.06. The van der Waals surface area contributed by atoms with E-state index in [-0.39, 0.29) is 0 Å². The van der Waals surface area contributed by atoms with E-state index in [1.54, 1.807) is 0 Å². The van der Waals surface area contributed by atoms with Crippen LogP contribution in [0.15, 0.2) is 0 Å². The van der Waals surface area contributed by atoms with E-state index in [0.29, 0.717) is 6.04 Å². The van der Waals surface area contributed by atoms with Gasteiger partial charge in [-0.05, 0) is 26.6 Å². The predicted octanol–water partition coefficient (Wildman–Crippen LogP) is 1.72. The molecule has 0 aromatic heterocycles. The largest absolute Gasteiger partial charge is 0.316 e. The normalized spacial score (nSPS) is 13.8. The summed E-state index contributed by atoms with van der Waals surface area (Å²) in [6.45, 7) is 10.2. The Bertz CT molecular complexity index is 89.8. The molecule has 0 fully saturated rings. The van der Waals surface area contributed by atoms with Crippen molar-refractivity contribution in [2.75, 3.05) is 26.7 Å². The molecule has 0 radical (unpaired) electrons. The summed E-state index contributed by atoms with van der Waals surface area (Å²) in [5.41, 5.74) is 0. The van der Waals surface area contributed by atoms with Crippen molar-refractivity contribution in [3.8, 4) is 0 Å². The quantitative estimate of drug-likeness (QED) is 0.629. The molecule has 0 aromatic carbocycles. The highest BCUT2D eigenvalue weighted by molar-refractivity contribution is 4.68. The van der Waals surface area contributed by atoms with E-state index in [2.05, 4.69) is 38.0 Å². The molecule has 1 unspecified atom stereocenters. The molecule has 0 aliphatic rings. The second-order valence-corrected chi connectivity index (χ2v) is 3.26. The smallest absolute Gasteiger partial charge is 0.0191 e. The van der Waals surface area contributed by atoms with Gasteiger partial charge in [-0.15, -0.1) is 0 Å². The topological polar surface area (TPSA) is 15.3 Å². The molecule has 0 aromatic rings. The fraction of sp³-hybridized carbons (Fsp3) is 1.00. The van der Waals surface area contributed by atoms with Crippen LogP contribution in [0.2, 0.25) is 0 Å². The standard InChI is InChI=1S/C10H24N2/c1-5-8-10(11-4)9-12(6-2)7-3/h10-11H,5-9H2,1-4H3.